The highest BCUT2D eigenvalue weighted by Crippen LogP contribution is 2.29. The molecule has 0 fully saturated rings. The van der Waals surface area contributed by atoms with E-state index in [1.54, 1.807) is 28.8 Å². The number of fused-ring (bicyclic) bond motifs is 1. The van der Waals surface area contributed by atoms with Crippen LogP contribution >= 0.6 is 0 Å². The van der Waals surface area contributed by atoms with Crippen LogP contribution in [0.15, 0.2) is 44.7 Å². The number of nitrogens with zero attached hydrogens (tertiary/aromatic N) is 6. The zero-order valence-electron chi connectivity index (χ0n) is 15.1. The minimum atomic E-state index is -4.71. The molecule has 0 radical (unpaired) electrons. The van der Waals surface area contributed by atoms with Gasteiger partial charge in [0.15, 0.2) is 11.2 Å². The maximum absolute atomic E-state index is 12.6. The van der Waals surface area contributed by atoms with Crippen molar-refractivity contribution in [1.82, 2.24) is 28.8 Å². The monoisotopic (exact) mass is 406 g/mol. The van der Waals surface area contributed by atoms with Gasteiger partial charge in [0.25, 0.3) is 5.56 Å². The largest absolute Gasteiger partial charge is 0.471 e. The van der Waals surface area contributed by atoms with Crippen LogP contribution in [0.5, 0.6) is 0 Å². The highest BCUT2D eigenvalue weighted by atomic mass is 19.4. The molecule has 3 aromatic heterocycles. The summed E-state index contributed by atoms with van der Waals surface area (Å²) in [6, 6.07) is 6.43. The Morgan fingerprint density at radius 2 is 1.76 bits per heavy atom. The maximum Gasteiger partial charge on any atom is 0.471 e. The summed E-state index contributed by atoms with van der Waals surface area (Å²) in [4.78, 5) is 31.9. The van der Waals surface area contributed by atoms with E-state index in [0.29, 0.717) is 5.56 Å². The molecule has 150 valence electrons. The lowest BCUT2D eigenvalue weighted by molar-refractivity contribution is -0.159. The lowest BCUT2D eigenvalue weighted by Crippen LogP contribution is -2.37. The van der Waals surface area contributed by atoms with E-state index in [4.69, 9.17) is 0 Å². The van der Waals surface area contributed by atoms with Crippen molar-refractivity contribution < 1.29 is 17.7 Å². The molecular formula is C17H13F3N6O3. The average Bonchev–Trinajstić information content (AvgIpc) is 3.33. The lowest BCUT2D eigenvalue weighted by Gasteiger charge is -2.07. The Morgan fingerprint density at radius 1 is 1.07 bits per heavy atom. The van der Waals surface area contributed by atoms with Gasteiger partial charge < -0.3 is 9.09 Å². The lowest BCUT2D eigenvalue weighted by atomic mass is 10.1. The van der Waals surface area contributed by atoms with Crippen LogP contribution in [0.1, 0.15) is 11.5 Å². The maximum atomic E-state index is 12.6. The molecule has 0 saturated carbocycles. The fraction of sp³-hybridized carbons (Fsp3) is 0.235. The topological polar surface area (TPSA) is 101 Å². The first-order valence-corrected chi connectivity index (χ1v) is 8.28. The quantitative estimate of drug-likeness (QED) is 0.512. The normalized spacial score (nSPS) is 12.0. The second-order valence-electron chi connectivity index (χ2n) is 6.37. The van der Waals surface area contributed by atoms with Crippen LogP contribution in [0.2, 0.25) is 0 Å². The van der Waals surface area contributed by atoms with Crippen LogP contribution in [0.4, 0.5) is 13.2 Å². The minimum Gasteiger partial charge on any atom is -0.329 e. The van der Waals surface area contributed by atoms with Crippen molar-refractivity contribution in [2.45, 2.75) is 12.7 Å². The van der Waals surface area contributed by atoms with Crippen molar-refractivity contribution in [2.24, 2.45) is 14.1 Å². The molecule has 4 rings (SSSR count). The molecule has 12 heteroatoms. The molecule has 0 aliphatic heterocycles. The van der Waals surface area contributed by atoms with E-state index in [1.807, 2.05) is 0 Å². The number of halogens is 3. The molecule has 0 amide bonds. The van der Waals surface area contributed by atoms with Gasteiger partial charge in [-0.05, 0) is 5.56 Å². The van der Waals surface area contributed by atoms with Gasteiger partial charge in [0.2, 0.25) is 5.82 Å². The van der Waals surface area contributed by atoms with Crippen molar-refractivity contribution in [1.29, 1.82) is 0 Å². The number of imidazole rings is 1. The molecule has 1 aromatic carbocycles. The highest BCUT2D eigenvalue weighted by Gasteiger charge is 2.38. The molecule has 3 heterocycles. The summed E-state index contributed by atoms with van der Waals surface area (Å²) in [5, 5.41) is 3.34. The first-order chi connectivity index (χ1) is 13.7. The Balaban J connectivity index is 1.66. The Bertz CT molecular complexity index is 1330. The molecule has 4 aromatic rings. The third-order valence-corrected chi connectivity index (χ3v) is 4.45. The van der Waals surface area contributed by atoms with Crippen molar-refractivity contribution in [3.8, 4) is 11.4 Å². The SMILES string of the molecule is Cn1c(=O)c2c(ncn2Cc2ccc(-c3noc(C(F)(F)F)n3)cc2)n(C)c1=O. The smallest absolute Gasteiger partial charge is 0.329 e. The van der Waals surface area contributed by atoms with E-state index >= 15 is 0 Å². The van der Waals surface area contributed by atoms with E-state index in [0.717, 1.165) is 10.1 Å². The first kappa shape index (κ1) is 18.7. The van der Waals surface area contributed by atoms with Gasteiger partial charge >= 0.3 is 17.8 Å². The third-order valence-electron chi connectivity index (χ3n) is 4.45. The van der Waals surface area contributed by atoms with E-state index < -0.39 is 23.3 Å². The number of aryl methyl sites for hydroxylation is 1. The Morgan fingerprint density at radius 3 is 2.38 bits per heavy atom. The Kier molecular flexibility index (Phi) is 4.14. The molecule has 0 bridgehead atoms. The zero-order chi connectivity index (χ0) is 20.9. The second kappa shape index (κ2) is 6.43. The molecule has 0 N–H and O–H groups in total. The average molecular weight is 406 g/mol. The summed E-state index contributed by atoms with van der Waals surface area (Å²) < 4.78 is 45.9. The standard InChI is InChI=1S/C17H13F3N6O3/c1-24-13-11(14(27)25(2)16(24)28)26(8-21-13)7-9-3-5-10(6-4-9)12-22-15(29-23-12)17(18,19)20/h3-6,8H,7H2,1-2H3. The molecule has 0 unspecified atom stereocenters. The van der Waals surface area contributed by atoms with Crippen LogP contribution in [0, 0.1) is 0 Å². The van der Waals surface area contributed by atoms with Crippen LogP contribution in [0.25, 0.3) is 22.6 Å². The Labute approximate surface area is 159 Å². The van der Waals surface area contributed by atoms with E-state index in [2.05, 4.69) is 19.6 Å². The van der Waals surface area contributed by atoms with Crippen LogP contribution in [-0.4, -0.2) is 28.8 Å². The van der Waals surface area contributed by atoms with E-state index in [-0.39, 0.29) is 23.5 Å². The van der Waals surface area contributed by atoms with Gasteiger partial charge in [0.05, 0.1) is 6.33 Å². The van der Waals surface area contributed by atoms with Crippen molar-refractivity contribution in [3.63, 3.8) is 0 Å². The van der Waals surface area contributed by atoms with Gasteiger partial charge in [-0.25, -0.2) is 9.78 Å². The van der Waals surface area contributed by atoms with Crippen molar-refractivity contribution in [2.75, 3.05) is 0 Å². The molecule has 0 atom stereocenters. The van der Waals surface area contributed by atoms with Gasteiger partial charge in [0, 0.05) is 26.2 Å². The number of aromatic nitrogens is 6. The van der Waals surface area contributed by atoms with Gasteiger partial charge in [-0.3, -0.25) is 13.9 Å². The summed E-state index contributed by atoms with van der Waals surface area (Å²) in [6.07, 6.45) is -3.26. The molecule has 0 saturated heterocycles. The molecule has 29 heavy (non-hydrogen) atoms. The van der Waals surface area contributed by atoms with E-state index in [1.165, 1.54) is 25.0 Å². The summed E-state index contributed by atoms with van der Waals surface area (Å²) >= 11 is 0. The fourth-order valence-electron chi connectivity index (χ4n) is 2.93. The van der Waals surface area contributed by atoms with Crippen molar-refractivity contribution >= 4 is 11.2 Å². The highest BCUT2D eigenvalue weighted by molar-refractivity contribution is 5.70. The number of alkyl halides is 3. The second-order valence-corrected chi connectivity index (χ2v) is 6.37. The summed E-state index contributed by atoms with van der Waals surface area (Å²) in [5.41, 5.74) is 0.692. The van der Waals surface area contributed by atoms with Gasteiger partial charge in [-0.2, -0.15) is 18.2 Å². The summed E-state index contributed by atoms with van der Waals surface area (Å²) in [7, 11) is 2.91. The zero-order valence-corrected chi connectivity index (χ0v) is 15.1. The summed E-state index contributed by atoms with van der Waals surface area (Å²) in [5.74, 6) is -1.59. The van der Waals surface area contributed by atoms with Gasteiger partial charge in [0.1, 0.15) is 0 Å². The van der Waals surface area contributed by atoms with Crippen LogP contribution in [-0.2, 0) is 26.8 Å². The molecular weight excluding hydrogens is 393 g/mol. The third kappa shape index (κ3) is 3.11. The fourth-order valence-corrected chi connectivity index (χ4v) is 2.93. The molecule has 0 aliphatic rings. The summed E-state index contributed by atoms with van der Waals surface area (Å²) in [6.45, 7) is 0.268. The number of hydrogen-bond donors (Lipinski definition) is 0. The predicted octanol–water partition coefficient (Wildman–Crippen LogP) is 1.55. The minimum absolute atomic E-state index is 0.180. The van der Waals surface area contributed by atoms with Crippen molar-refractivity contribution in [3.05, 3.63) is 62.9 Å². The van der Waals surface area contributed by atoms with Gasteiger partial charge in [-0.1, -0.05) is 29.4 Å². The Hall–Kier alpha value is -3.70. The van der Waals surface area contributed by atoms with Gasteiger partial charge in [-0.15, -0.1) is 0 Å². The number of benzene rings is 1. The first-order valence-electron chi connectivity index (χ1n) is 8.28. The van der Waals surface area contributed by atoms with Crippen LogP contribution < -0.4 is 11.2 Å². The van der Waals surface area contributed by atoms with E-state index in [9.17, 15) is 22.8 Å². The van der Waals surface area contributed by atoms with Crippen LogP contribution in [0.3, 0.4) is 0 Å². The number of rotatable bonds is 3. The molecule has 0 aliphatic carbocycles. The predicted molar refractivity (Wildman–Crippen MR) is 94.1 cm³/mol. The molecule has 9 nitrogen and oxygen atoms in total. The number of hydrogen-bond acceptors (Lipinski definition) is 6. The molecule has 0 spiro atoms.